The molecule has 0 heterocycles. The van der Waals surface area contributed by atoms with Crippen LogP contribution >= 0.6 is 15.9 Å². The lowest BCUT2D eigenvalue weighted by Gasteiger charge is -2.14. The highest BCUT2D eigenvalue weighted by Gasteiger charge is 2.66. The zero-order chi connectivity index (χ0) is 13.7. The molecular weight excluding hydrogens is 295 g/mol. The molecule has 3 heteroatoms. The predicted molar refractivity (Wildman–Crippen MR) is 74.9 cm³/mol. The summed E-state index contributed by atoms with van der Waals surface area (Å²) < 4.78 is 13.9. The second-order valence-electron chi connectivity index (χ2n) is 6.41. The molecule has 1 atom stereocenters. The zero-order valence-electron chi connectivity index (χ0n) is 11.3. The number of aliphatic hydroxyl groups is 1. The largest absolute Gasteiger partial charge is 0.392 e. The average molecular weight is 315 g/mol. The van der Waals surface area contributed by atoms with Gasteiger partial charge in [0.25, 0.3) is 0 Å². The standard InChI is InChI=1S/C15H20BrFO/c1-14(2)13(15(14,3)4)11(18)8-9-6-5-7-10(17)12(9)16/h5-7,11,13,18H,8H2,1-4H3. The van der Waals surface area contributed by atoms with Crippen LogP contribution in [0, 0.1) is 22.6 Å². The quantitative estimate of drug-likeness (QED) is 0.887. The van der Waals surface area contributed by atoms with Gasteiger partial charge in [-0.05, 0) is 50.7 Å². The molecule has 1 fully saturated rings. The third kappa shape index (κ3) is 2.01. The van der Waals surface area contributed by atoms with Gasteiger partial charge in [-0.25, -0.2) is 4.39 Å². The van der Waals surface area contributed by atoms with Gasteiger partial charge in [-0.2, -0.15) is 0 Å². The second-order valence-corrected chi connectivity index (χ2v) is 7.20. The predicted octanol–water partition coefficient (Wildman–Crippen LogP) is 4.17. The van der Waals surface area contributed by atoms with Gasteiger partial charge in [0.05, 0.1) is 10.6 Å². The van der Waals surface area contributed by atoms with Crippen molar-refractivity contribution in [3.05, 3.63) is 34.1 Å². The number of hydrogen-bond acceptors (Lipinski definition) is 1. The SMILES string of the molecule is CC1(C)C(C(O)Cc2cccc(F)c2Br)C1(C)C. The summed E-state index contributed by atoms with van der Waals surface area (Å²) in [6, 6.07) is 4.97. The van der Waals surface area contributed by atoms with Crippen LogP contribution in [0.2, 0.25) is 0 Å². The van der Waals surface area contributed by atoms with E-state index in [-0.39, 0.29) is 22.6 Å². The Balaban J connectivity index is 2.14. The van der Waals surface area contributed by atoms with Crippen LogP contribution in [0.3, 0.4) is 0 Å². The van der Waals surface area contributed by atoms with E-state index in [1.807, 2.05) is 6.07 Å². The molecule has 1 aliphatic rings. The molecule has 1 N–H and O–H groups in total. The lowest BCUT2D eigenvalue weighted by Crippen LogP contribution is -2.18. The van der Waals surface area contributed by atoms with Crippen LogP contribution < -0.4 is 0 Å². The highest BCUT2D eigenvalue weighted by atomic mass is 79.9. The van der Waals surface area contributed by atoms with E-state index in [2.05, 4.69) is 43.6 Å². The fourth-order valence-corrected chi connectivity index (χ4v) is 3.68. The van der Waals surface area contributed by atoms with Crippen molar-refractivity contribution in [2.45, 2.75) is 40.2 Å². The number of benzene rings is 1. The van der Waals surface area contributed by atoms with Crippen LogP contribution in [-0.4, -0.2) is 11.2 Å². The summed E-state index contributed by atoms with van der Waals surface area (Å²) in [7, 11) is 0. The highest BCUT2D eigenvalue weighted by Crippen LogP contribution is 2.69. The number of halogens is 2. The summed E-state index contributed by atoms with van der Waals surface area (Å²) in [5.41, 5.74) is 1.12. The van der Waals surface area contributed by atoms with Crippen LogP contribution in [0.4, 0.5) is 4.39 Å². The van der Waals surface area contributed by atoms with Gasteiger partial charge in [0.1, 0.15) is 5.82 Å². The van der Waals surface area contributed by atoms with E-state index in [0.29, 0.717) is 10.9 Å². The van der Waals surface area contributed by atoms with E-state index >= 15 is 0 Å². The molecule has 2 rings (SSSR count). The van der Waals surface area contributed by atoms with Crippen molar-refractivity contribution < 1.29 is 9.50 Å². The topological polar surface area (TPSA) is 20.2 Å². The third-order valence-electron chi connectivity index (χ3n) is 4.98. The van der Waals surface area contributed by atoms with Crippen molar-refractivity contribution in [3.63, 3.8) is 0 Å². The Morgan fingerprint density at radius 3 is 2.33 bits per heavy atom. The summed E-state index contributed by atoms with van der Waals surface area (Å²) in [5.74, 6) is -0.00538. The third-order valence-corrected chi connectivity index (χ3v) is 5.87. The van der Waals surface area contributed by atoms with E-state index < -0.39 is 6.10 Å². The lowest BCUT2D eigenvalue weighted by molar-refractivity contribution is 0.129. The molecule has 0 aliphatic heterocycles. The monoisotopic (exact) mass is 314 g/mol. The smallest absolute Gasteiger partial charge is 0.137 e. The molecule has 100 valence electrons. The number of hydrogen-bond donors (Lipinski definition) is 1. The van der Waals surface area contributed by atoms with Gasteiger partial charge in [0, 0.05) is 0 Å². The fraction of sp³-hybridized carbons (Fsp3) is 0.600. The minimum absolute atomic E-state index is 0.145. The molecule has 1 saturated carbocycles. The Morgan fingerprint density at radius 1 is 1.28 bits per heavy atom. The maximum Gasteiger partial charge on any atom is 0.137 e. The summed E-state index contributed by atoms with van der Waals surface area (Å²) in [4.78, 5) is 0. The molecular formula is C15H20BrFO. The van der Waals surface area contributed by atoms with E-state index in [0.717, 1.165) is 5.56 Å². The molecule has 0 bridgehead atoms. The van der Waals surface area contributed by atoms with Crippen molar-refractivity contribution in [2.24, 2.45) is 16.7 Å². The molecule has 1 aliphatic carbocycles. The highest BCUT2D eigenvalue weighted by molar-refractivity contribution is 9.10. The molecule has 1 nitrogen and oxygen atoms in total. The van der Waals surface area contributed by atoms with Crippen molar-refractivity contribution in [1.29, 1.82) is 0 Å². The average Bonchev–Trinajstić information content (AvgIpc) is 2.65. The summed E-state index contributed by atoms with van der Waals surface area (Å²) in [5, 5.41) is 10.4. The van der Waals surface area contributed by atoms with Crippen molar-refractivity contribution >= 4 is 15.9 Å². The second kappa shape index (κ2) is 4.31. The Hall–Kier alpha value is -0.410. The molecule has 0 spiro atoms. The zero-order valence-corrected chi connectivity index (χ0v) is 12.9. The summed E-state index contributed by atoms with van der Waals surface area (Å²) >= 11 is 3.25. The summed E-state index contributed by atoms with van der Waals surface area (Å²) in [6.07, 6.45) is 0.0728. The van der Waals surface area contributed by atoms with E-state index in [1.54, 1.807) is 6.07 Å². The molecule has 1 unspecified atom stereocenters. The first-order valence-electron chi connectivity index (χ1n) is 6.30. The maximum absolute atomic E-state index is 13.4. The van der Waals surface area contributed by atoms with Gasteiger partial charge in [0.15, 0.2) is 0 Å². The van der Waals surface area contributed by atoms with Gasteiger partial charge in [-0.15, -0.1) is 0 Å². The maximum atomic E-state index is 13.4. The molecule has 1 aromatic rings. The van der Waals surface area contributed by atoms with Gasteiger partial charge in [-0.1, -0.05) is 39.8 Å². The first-order valence-corrected chi connectivity index (χ1v) is 7.10. The first kappa shape index (κ1) is 14.0. The van der Waals surface area contributed by atoms with Gasteiger partial charge in [0.2, 0.25) is 0 Å². The summed E-state index contributed by atoms with van der Waals surface area (Å²) in [6.45, 7) is 8.73. The Morgan fingerprint density at radius 2 is 1.83 bits per heavy atom. The van der Waals surface area contributed by atoms with Crippen molar-refractivity contribution in [3.8, 4) is 0 Å². The van der Waals surface area contributed by atoms with Crippen LogP contribution in [-0.2, 0) is 6.42 Å². The van der Waals surface area contributed by atoms with Crippen LogP contribution in [0.25, 0.3) is 0 Å². The van der Waals surface area contributed by atoms with Crippen molar-refractivity contribution in [2.75, 3.05) is 0 Å². The minimum Gasteiger partial charge on any atom is -0.392 e. The van der Waals surface area contributed by atoms with Gasteiger partial charge < -0.3 is 5.11 Å². The number of aliphatic hydroxyl groups excluding tert-OH is 1. The van der Waals surface area contributed by atoms with Crippen molar-refractivity contribution in [1.82, 2.24) is 0 Å². The molecule has 0 aromatic heterocycles. The Bertz CT molecular complexity index is 454. The van der Waals surface area contributed by atoms with E-state index in [1.165, 1.54) is 6.07 Å². The first-order chi connectivity index (χ1) is 8.19. The van der Waals surface area contributed by atoms with Crippen LogP contribution in [0.5, 0.6) is 0 Å². The van der Waals surface area contributed by atoms with E-state index in [4.69, 9.17) is 0 Å². The van der Waals surface area contributed by atoms with Gasteiger partial charge >= 0.3 is 0 Å². The fourth-order valence-electron chi connectivity index (χ4n) is 3.26. The van der Waals surface area contributed by atoms with Gasteiger partial charge in [-0.3, -0.25) is 0 Å². The molecule has 0 saturated heterocycles. The molecule has 0 radical (unpaired) electrons. The molecule has 1 aromatic carbocycles. The Kier molecular flexibility index (Phi) is 3.35. The van der Waals surface area contributed by atoms with Crippen LogP contribution in [0.1, 0.15) is 33.3 Å². The molecule has 18 heavy (non-hydrogen) atoms. The lowest BCUT2D eigenvalue weighted by atomic mass is 9.99. The van der Waals surface area contributed by atoms with E-state index in [9.17, 15) is 9.50 Å². The normalized spacial score (nSPS) is 22.8. The Labute approximate surface area is 117 Å². The van der Waals surface area contributed by atoms with Crippen LogP contribution in [0.15, 0.2) is 22.7 Å². The molecule has 0 amide bonds. The minimum atomic E-state index is -0.423. The number of rotatable bonds is 3.